The third-order valence-electron chi connectivity index (χ3n) is 1.71. The Labute approximate surface area is 63.1 Å². The number of aromatic nitrogens is 1. The van der Waals surface area contributed by atoms with Crippen molar-refractivity contribution >= 4 is 12.3 Å². The fourth-order valence-corrected chi connectivity index (χ4v) is 1.17. The molecule has 1 aromatic rings. The molecule has 0 aromatic carbocycles. The molecule has 3 heteroatoms. The molecule has 0 spiro atoms. The maximum absolute atomic E-state index is 11.1. The molecule has 0 radical (unpaired) electrons. The number of pyridine rings is 1. The first-order chi connectivity index (χ1) is 5.38. The van der Waals surface area contributed by atoms with Crippen molar-refractivity contribution in [2.75, 3.05) is 6.54 Å². The highest BCUT2D eigenvalue weighted by molar-refractivity contribution is 5.36. The second-order valence-electron chi connectivity index (χ2n) is 2.43. The van der Waals surface area contributed by atoms with Crippen LogP contribution in [0.3, 0.4) is 0 Å². The quantitative estimate of drug-likeness (QED) is 0.470. The first-order valence-corrected chi connectivity index (χ1v) is 3.49. The van der Waals surface area contributed by atoms with Crippen molar-refractivity contribution in [3.05, 3.63) is 33.1 Å². The molecule has 0 bridgehead atoms. The van der Waals surface area contributed by atoms with E-state index < -0.39 is 0 Å². The van der Waals surface area contributed by atoms with Crippen LogP contribution >= 0.6 is 0 Å². The first kappa shape index (κ1) is 6.22. The standard InChI is InChI=1S/C8H8N2O/c11-8-7-2-3-9-5-6(7)1-4-10-8/h1-2,4-5,9H,3H2,(H,10,11). The summed E-state index contributed by atoms with van der Waals surface area (Å²) in [4.78, 5) is 13.8. The molecule has 0 saturated heterocycles. The van der Waals surface area contributed by atoms with Crippen LogP contribution in [0.5, 0.6) is 0 Å². The molecule has 0 amide bonds. The van der Waals surface area contributed by atoms with Gasteiger partial charge in [0.05, 0.1) is 0 Å². The van der Waals surface area contributed by atoms with Crippen LogP contribution in [0.25, 0.3) is 12.3 Å². The van der Waals surface area contributed by atoms with E-state index in [1.54, 1.807) is 6.20 Å². The second-order valence-corrected chi connectivity index (χ2v) is 2.43. The third kappa shape index (κ3) is 0.941. The average molecular weight is 148 g/mol. The number of hydrogen-bond donors (Lipinski definition) is 2. The number of fused-ring (bicyclic) bond motifs is 1. The Morgan fingerprint density at radius 3 is 3.18 bits per heavy atom. The Bertz CT molecular complexity index is 430. The maximum atomic E-state index is 11.1. The van der Waals surface area contributed by atoms with E-state index in [-0.39, 0.29) is 5.56 Å². The second kappa shape index (κ2) is 2.27. The van der Waals surface area contributed by atoms with Gasteiger partial charge in [-0.2, -0.15) is 0 Å². The topological polar surface area (TPSA) is 44.9 Å². The number of aromatic amines is 1. The van der Waals surface area contributed by atoms with Crippen molar-refractivity contribution in [1.82, 2.24) is 10.3 Å². The normalized spacial score (nSPS) is 13.8. The smallest absolute Gasteiger partial charge is 0.255 e. The van der Waals surface area contributed by atoms with E-state index in [0.29, 0.717) is 0 Å². The van der Waals surface area contributed by atoms with Crippen molar-refractivity contribution in [3.63, 3.8) is 0 Å². The van der Waals surface area contributed by atoms with E-state index in [1.165, 1.54) is 0 Å². The summed E-state index contributed by atoms with van der Waals surface area (Å²) >= 11 is 0. The summed E-state index contributed by atoms with van der Waals surface area (Å²) in [5.41, 5.74) is -0.0137. The van der Waals surface area contributed by atoms with Gasteiger partial charge in [0.25, 0.3) is 5.56 Å². The van der Waals surface area contributed by atoms with Crippen LogP contribution in [0.2, 0.25) is 0 Å². The summed E-state index contributed by atoms with van der Waals surface area (Å²) < 4.78 is 0. The van der Waals surface area contributed by atoms with Crippen LogP contribution in [0, 0.1) is 0 Å². The van der Waals surface area contributed by atoms with Crippen LogP contribution in [0.4, 0.5) is 0 Å². The van der Waals surface area contributed by atoms with Crippen LogP contribution in [0.1, 0.15) is 0 Å². The van der Waals surface area contributed by atoms with Crippen LogP contribution < -0.4 is 21.3 Å². The Morgan fingerprint density at radius 1 is 1.45 bits per heavy atom. The van der Waals surface area contributed by atoms with E-state index >= 15 is 0 Å². The molecule has 2 heterocycles. The highest BCUT2D eigenvalue weighted by Gasteiger charge is 1.93. The fraction of sp³-hybridized carbons (Fsp3) is 0.125. The van der Waals surface area contributed by atoms with Gasteiger partial charge in [0, 0.05) is 29.4 Å². The predicted molar refractivity (Wildman–Crippen MR) is 43.2 cm³/mol. The zero-order chi connectivity index (χ0) is 7.68. The largest absolute Gasteiger partial charge is 0.387 e. The van der Waals surface area contributed by atoms with E-state index in [1.807, 2.05) is 18.3 Å². The molecular weight excluding hydrogens is 140 g/mol. The van der Waals surface area contributed by atoms with Gasteiger partial charge in [0.1, 0.15) is 0 Å². The average Bonchev–Trinajstić information content (AvgIpc) is 2.06. The van der Waals surface area contributed by atoms with Gasteiger partial charge >= 0.3 is 0 Å². The molecule has 1 aliphatic heterocycles. The lowest BCUT2D eigenvalue weighted by atomic mass is 10.2. The Hall–Kier alpha value is -1.51. The van der Waals surface area contributed by atoms with Gasteiger partial charge in [-0.25, -0.2) is 0 Å². The van der Waals surface area contributed by atoms with Gasteiger partial charge in [0.15, 0.2) is 0 Å². The molecule has 3 nitrogen and oxygen atoms in total. The number of H-pyrrole nitrogens is 1. The lowest BCUT2D eigenvalue weighted by Gasteiger charge is -1.99. The fourth-order valence-electron chi connectivity index (χ4n) is 1.17. The van der Waals surface area contributed by atoms with Crippen molar-refractivity contribution in [1.29, 1.82) is 0 Å². The minimum Gasteiger partial charge on any atom is -0.387 e. The molecule has 2 N–H and O–H groups in total. The highest BCUT2D eigenvalue weighted by Crippen LogP contribution is 1.68. The molecular formula is C8H8N2O. The molecule has 0 unspecified atom stereocenters. The van der Waals surface area contributed by atoms with E-state index in [4.69, 9.17) is 0 Å². The minimum absolute atomic E-state index is 0.0137. The number of rotatable bonds is 0. The highest BCUT2D eigenvalue weighted by atomic mass is 16.1. The molecule has 0 aliphatic carbocycles. The van der Waals surface area contributed by atoms with Gasteiger partial charge in [-0.3, -0.25) is 4.79 Å². The van der Waals surface area contributed by atoms with E-state index in [9.17, 15) is 4.79 Å². The molecule has 2 rings (SSSR count). The van der Waals surface area contributed by atoms with Gasteiger partial charge in [-0.15, -0.1) is 0 Å². The van der Waals surface area contributed by atoms with Crippen LogP contribution in [0.15, 0.2) is 17.1 Å². The van der Waals surface area contributed by atoms with E-state index in [0.717, 1.165) is 17.0 Å². The molecule has 0 saturated carbocycles. The van der Waals surface area contributed by atoms with Gasteiger partial charge in [-0.05, 0) is 6.07 Å². The van der Waals surface area contributed by atoms with Crippen molar-refractivity contribution in [2.24, 2.45) is 0 Å². The Morgan fingerprint density at radius 2 is 2.36 bits per heavy atom. The van der Waals surface area contributed by atoms with Crippen LogP contribution in [-0.4, -0.2) is 11.5 Å². The summed E-state index contributed by atoms with van der Waals surface area (Å²) in [6.07, 6.45) is 5.39. The Balaban J connectivity index is 3.00. The third-order valence-corrected chi connectivity index (χ3v) is 1.71. The van der Waals surface area contributed by atoms with Gasteiger partial charge in [-0.1, -0.05) is 6.08 Å². The predicted octanol–water partition coefficient (Wildman–Crippen LogP) is -1.50. The zero-order valence-electron chi connectivity index (χ0n) is 5.92. The molecule has 1 aliphatic rings. The summed E-state index contributed by atoms with van der Waals surface area (Å²) in [6.45, 7) is 0.736. The molecule has 1 aromatic heterocycles. The van der Waals surface area contributed by atoms with Gasteiger partial charge in [0.2, 0.25) is 0 Å². The number of hydrogen-bond acceptors (Lipinski definition) is 2. The van der Waals surface area contributed by atoms with E-state index in [2.05, 4.69) is 10.3 Å². The monoisotopic (exact) mass is 148 g/mol. The lowest BCUT2D eigenvalue weighted by Crippen LogP contribution is -2.44. The summed E-state index contributed by atoms with van der Waals surface area (Å²) in [5.74, 6) is 0. The lowest BCUT2D eigenvalue weighted by molar-refractivity contribution is 1.03. The molecule has 56 valence electrons. The summed E-state index contributed by atoms with van der Waals surface area (Å²) in [7, 11) is 0. The maximum Gasteiger partial charge on any atom is 0.255 e. The van der Waals surface area contributed by atoms with Crippen molar-refractivity contribution in [2.45, 2.75) is 0 Å². The van der Waals surface area contributed by atoms with Crippen LogP contribution in [-0.2, 0) is 0 Å². The van der Waals surface area contributed by atoms with Crippen molar-refractivity contribution < 1.29 is 0 Å². The van der Waals surface area contributed by atoms with Gasteiger partial charge < -0.3 is 10.3 Å². The molecule has 11 heavy (non-hydrogen) atoms. The zero-order valence-corrected chi connectivity index (χ0v) is 5.92. The summed E-state index contributed by atoms with van der Waals surface area (Å²) in [6, 6.07) is 1.87. The van der Waals surface area contributed by atoms with Crippen molar-refractivity contribution in [3.8, 4) is 0 Å². The number of nitrogens with one attached hydrogen (secondary N) is 2. The first-order valence-electron chi connectivity index (χ1n) is 3.49. The SMILES string of the molecule is O=c1[nH]ccc2c1=CCNC=2. The minimum atomic E-state index is -0.0137. The molecule has 0 fully saturated rings. The summed E-state index contributed by atoms with van der Waals surface area (Å²) in [5, 5.41) is 4.76. The molecule has 0 atom stereocenters. The Kier molecular flexibility index (Phi) is 1.28.